The fourth-order valence-corrected chi connectivity index (χ4v) is 1.45. The number of rotatable bonds is 4. The van der Waals surface area contributed by atoms with Crippen LogP contribution in [0.1, 0.15) is 33.3 Å². The van der Waals surface area contributed by atoms with Crippen molar-refractivity contribution in [2.24, 2.45) is 17.1 Å². The summed E-state index contributed by atoms with van der Waals surface area (Å²) < 4.78 is 5.37. The quantitative estimate of drug-likeness (QED) is 0.659. The predicted molar refractivity (Wildman–Crippen MR) is 73.5 cm³/mol. The van der Waals surface area contributed by atoms with Crippen LogP contribution in [0.15, 0.2) is 24.3 Å². The van der Waals surface area contributed by atoms with Crippen molar-refractivity contribution in [3.05, 3.63) is 29.8 Å². The number of hydrogen-bond donors (Lipinski definition) is 1. The Morgan fingerprint density at radius 2 is 1.83 bits per heavy atom. The number of hydrogen-bond acceptors (Lipinski definition) is 3. The van der Waals surface area contributed by atoms with E-state index in [1.54, 1.807) is 0 Å². The van der Waals surface area contributed by atoms with E-state index >= 15 is 0 Å². The van der Waals surface area contributed by atoms with Gasteiger partial charge < -0.3 is 10.5 Å². The summed E-state index contributed by atoms with van der Waals surface area (Å²) in [5.41, 5.74) is 6.55. The minimum absolute atomic E-state index is 0.0867. The molecule has 0 bridgehead atoms. The third-order valence-electron chi connectivity index (χ3n) is 3.23. The summed E-state index contributed by atoms with van der Waals surface area (Å²) in [6.45, 7) is 8.61. The van der Waals surface area contributed by atoms with Gasteiger partial charge in [-0.3, -0.25) is 4.79 Å². The smallest absolute Gasteiger partial charge is 0.314 e. The van der Waals surface area contributed by atoms with E-state index in [1.807, 2.05) is 52.0 Å². The normalized spacial score (nSPS) is 13.2. The molecule has 0 aliphatic rings. The lowest BCUT2D eigenvalue weighted by atomic mass is 9.82. The van der Waals surface area contributed by atoms with Crippen LogP contribution in [0.25, 0.3) is 0 Å². The second-order valence-electron chi connectivity index (χ2n) is 5.69. The Hall–Kier alpha value is -1.35. The highest BCUT2D eigenvalue weighted by Gasteiger charge is 2.28. The maximum absolute atomic E-state index is 11.9. The van der Waals surface area contributed by atoms with Crippen LogP contribution >= 0.6 is 0 Å². The molecule has 0 aliphatic heterocycles. The Kier molecular flexibility index (Phi) is 4.91. The van der Waals surface area contributed by atoms with Gasteiger partial charge >= 0.3 is 5.97 Å². The zero-order valence-corrected chi connectivity index (χ0v) is 11.7. The van der Waals surface area contributed by atoms with Crippen LogP contribution in [0.3, 0.4) is 0 Å². The second kappa shape index (κ2) is 6.01. The van der Waals surface area contributed by atoms with Crippen LogP contribution in [-0.2, 0) is 11.2 Å². The van der Waals surface area contributed by atoms with Gasteiger partial charge in [0.05, 0.1) is 5.92 Å². The van der Waals surface area contributed by atoms with Gasteiger partial charge in [-0.2, -0.15) is 0 Å². The molecule has 18 heavy (non-hydrogen) atoms. The monoisotopic (exact) mass is 249 g/mol. The zero-order valence-electron chi connectivity index (χ0n) is 11.7. The molecule has 100 valence electrons. The summed E-state index contributed by atoms with van der Waals surface area (Å²) >= 11 is 0. The third kappa shape index (κ3) is 4.15. The highest BCUT2D eigenvalue weighted by Crippen LogP contribution is 2.27. The fourth-order valence-electron chi connectivity index (χ4n) is 1.45. The van der Waals surface area contributed by atoms with Crippen LogP contribution in [0, 0.1) is 11.3 Å². The van der Waals surface area contributed by atoms with Crippen molar-refractivity contribution in [2.45, 2.75) is 34.1 Å². The van der Waals surface area contributed by atoms with Crippen molar-refractivity contribution >= 4 is 5.97 Å². The van der Waals surface area contributed by atoms with E-state index in [4.69, 9.17) is 10.5 Å². The lowest BCUT2D eigenvalue weighted by Crippen LogP contribution is -2.29. The molecule has 0 aliphatic carbocycles. The molecular formula is C15H23NO2. The van der Waals surface area contributed by atoms with Gasteiger partial charge in [0.15, 0.2) is 0 Å². The molecule has 0 saturated heterocycles. The average molecular weight is 249 g/mol. The third-order valence-corrected chi connectivity index (χ3v) is 3.23. The number of benzene rings is 1. The molecule has 0 amide bonds. The van der Waals surface area contributed by atoms with E-state index in [2.05, 4.69) is 0 Å². The summed E-state index contributed by atoms with van der Waals surface area (Å²) in [6.07, 6.45) is 0.840. The minimum atomic E-state index is -0.186. The van der Waals surface area contributed by atoms with Gasteiger partial charge in [0, 0.05) is 0 Å². The van der Waals surface area contributed by atoms with E-state index in [-0.39, 0.29) is 17.3 Å². The molecule has 1 aromatic rings. The molecule has 2 N–H and O–H groups in total. The number of carbonyl (C=O) groups is 1. The number of ether oxygens (including phenoxy) is 1. The van der Waals surface area contributed by atoms with E-state index in [9.17, 15) is 4.79 Å². The molecule has 0 spiro atoms. The van der Waals surface area contributed by atoms with Crippen LogP contribution in [0.2, 0.25) is 0 Å². The van der Waals surface area contributed by atoms with Crippen LogP contribution in [0.5, 0.6) is 5.75 Å². The molecule has 0 fully saturated rings. The van der Waals surface area contributed by atoms with Gasteiger partial charge in [-0.25, -0.2) is 0 Å². The Morgan fingerprint density at radius 3 is 2.28 bits per heavy atom. The molecule has 1 unspecified atom stereocenters. The fraction of sp³-hybridized carbons (Fsp3) is 0.533. The van der Waals surface area contributed by atoms with Gasteiger partial charge in [-0.15, -0.1) is 0 Å². The van der Waals surface area contributed by atoms with Crippen molar-refractivity contribution < 1.29 is 9.53 Å². The second-order valence-corrected chi connectivity index (χ2v) is 5.69. The van der Waals surface area contributed by atoms with Crippen LogP contribution in [-0.4, -0.2) is 12.5 Å². The topological polar surface area (TPSA) is 52.3 Å². The summed E-state index contributed by atoms with van der Waals surface area (Å²) in [7, 11) is 0. The molecule has 1 rings (SSSR count). The summed E-state index contributed by atoms with van der Waals surface area (Å²) in [5, 5.41) is 0. The van der Waals surface area contributed by atoms with E-state index < -0.39 is 0 Å². The van der Waals surface area contributed by atoms with E-state index in [1.165, 1.54) is 0 Å². The molecule has 0 aromatic heterocycles. The van der Waals surface area contributed by atoms with Gasteiger partial charge in [0.25, 0.3) is 0 Å². The first kappa shape index (κ1) is 14.7. The average Bonchev–Trinajstić information content (AvgIpc) is 2.30. The van der Waals surface area contributed by atoms with E-state index in [0.29, 0.717) is 12.3 Å². The van der Waals surface area contributed by atoms with Crippen LogP contribution in [0.4, 0.5) is 0 Å². The SMILES string of the molecule is CC(C(=O)Oc1ccc(CCN)cc1)C(C)(C)C. The molecule has 0 saturated carbocycles. The zero-order chi connectivity index (χ0) is 13.8. The maximum Gasteiger partial charge on any atom is 0.314 e. The lowest BCUT2D eigenvalue weighted by Gasteiger charge is -2.25. The predicted octanol–water partition coefficient (Wildman–Crippen LogP) is 2.78. The van der Waals surface area contributed by atoms with Crippen molar-refractivity contribution in [1.82, 2.24) is 0 Å². The highest BCUT2D eigenvalue weighted by molar-refractivity contribution is 5.75. The lowest BCUT2D eigenvalue weighted by molar-refractivity contribution is -0.141. The van der Waals surface area contributed by atoms with Crippen molar-refractivity contribution in [3.8, 4) is 5.75 Å². The van der Waals surface area contributed by atoms with Gasteiger partial charge in [-0.1, -0.05) is 39.8 Å². The molecule has 0 heterocycles. The molecular weight excluding hydrogens is 226 g/mol. The maximum atomic E-state index is 11.9. The highest BCUT2D eigenvalue weighted by atomic mass is 16.5. The molecule has 3 heteroatoms. The first-order valence-corrected chi connectivity index (χ1v) is 6.35. The number of esters is 1. The molecule has 0 radical (unpaired) electrons. The van der Waals surface area contributed by atoms with Crippen molar-refractivity contribution in [1.29, 1.82) is 0 Å². The molecule has 3 nitrogen and oxygen atoms in total. The van der Waals surface area contributed by atoms with Crippen molar-refractivity contribution in [2.75, 3.05) is 6.54 Å². The van der Waals surface area contributed by atoms with Gasteiger partial charge in [0.1, 0.15) is 5.75 Å². The van der Waals surface area contributed by atoms with Gasteiger partial charge in [0.2, 0.25) is 0 Å². The minimum Gasteiger partial charge on any atom is -0.426 e. The Morgan fingerprint density at radius 1 is 1.28 bits per heavy atom. The van der Waals surface area contributed by atoms with Crippen molar-refractivity contribution in [3.63, 3.8) is 0 Å². The first-order valence-electron chi connectivity index (χ1n) is 6.35. The summed E-state index contributed by atoms with van der Waals surface area (Å²) in [5.74, 6) is 0.271. The Balaban J connectivity index is 2.65. The van der Waals surface area contributed by atoms with E-state index in [0.717, 1.165) is 12.0 Å². The Labute approximate surface area is 109 Å². The standard InChI is InChI=1S/C15H23NO2/c1-11(15(2,3)4)14(17)18-13-7-5-12(6-8-13)9-10-16/h5-8,11H,9-10,16H2,1-4H3. The largest absolute Gasteiger partial charge is 0.426 e. The molecule has 1 aromatic carbocycles. The number of nitrogens with two attached hydrogens (primary N) is 1. The molecule has 1 atom stereocenters. The first-order chi connectivity index (χ1) is 8.34. The Bertz CT molecular complexity index is 390. The number of carbonyl (C=O) groups excluding carboxylic acids is 1. The summed E-state index contributed by atoms with van der Waals surface area (Å²) in [4.78, 5) is 11.9. The van der Waals surface area contributed by atoms with Crippen LogP contribution < -0.4 is 10.5 Å². The van der Waals surface area contributed by atoms with Gasteiger partial charge in [-0.05, 0) is 36.1 Å². The summed E-state index contributed by atoms with van der Waals surface area (Å²) in [6, 6.07) is 7.52.